The van der Waals surface area contributed by atoms with E-state index in [-0.39, 0.29) is 11.7 Å². The smallest absolute Gasteiger partial charge is 0.249 e. The van der Waals surface area contributed by atoms with Gasteiger partial charge in [0.2, 0.25) is 5.91 Å². The van der Waals surface area contributed by atoms with Crippen molar-refractivity contribution >= 4 is 29.4 Å². The van der Waals surface area contributed by atoms with Crippen LogP contribution in [0.3, 0.4) is 0 Å². The molecule has 0 aliphatic rings. The number of carbonyl (C=O) groups excluding carboxylic acids is 1. The molecule has 4 nitrogen and oxygen atoms in total. The Hall–Kier alpha value is -2.92. The molecule has 1 N–H and O–H groups in total. The van der Waals surface area contributed by atoms with Gasteiger partial charge in [0.05, 0.1) is 12.7 Å². The second kappa shape index (κ2) is 7.77. The van der Waals surface area contributed by atoms with Crippen LogP contribution in [0.15, 0.2) is 66.9 Å². The maximum atomic E-state index is 13.6. The molecule has 0 aliphatic heterocycles. The van der Waals surface area contributed by atoms with Crippen molar-refractivity contribution in [3.63, 3.8) is 0 Å². The average molecular weight is 356 g/mol. The Kier molecular flexibility index (Phi) is 5.26. The van der Waals surface area contributed by atoms with Crippen LogP contribution in [-0.2, 0) is 11.3 Å². The van der Waals surface area contributed by atoms with Crippen molar-refractivity contribution in [2.75, 3.05) is 5.32 Å². The first kappa shape index (κ1) is 16.9. The predicted molar refractivity (Wildman–Crippen MR) is 96.8 cm³/mol. The third-order valence-corrected chi connectivity index (χ3v) is 3.93. The van der Waals surface area contributed by atoms with Gasteiger partial charge in [0.1, 0.15) is 11.6 Å². The first-order valence-electron chi connectivity index (χ1n) is 7.62. The van der Waals surface area contributed by atoms with Crippen molar-refractivity contribution in [2.24, 2.45) is 0 Å². The lowest BCUT2D eigenvalue weighted by atomic mass is 10.2. The van der Waals surface area contributed by atoms with E-state index in [9.17, 15) is 9.18 Å². The monoisotopic (exact) mass is 355 g/mol. The molecule has 1 amide bonds. The van der Waals surface area contributed by atoms with Crippen LogP contribution in [0.2, 0.25) is 5.02 Å². The molecule has 3 aromatic rings. The minimum atomic E-state index is -0.379. The molecule has 6 heteroatoms. The number of nitrogens with one attached hydrogen (secondary N) is 1. The minimum Gasteiger partial charge on any atom is -0.307 e. The van der Waals surface area contributed by atoms with E-state index < -0.39 is 0 Å². The van der Waals surface area contributed by atoms with E-state index in [1.807, 2.05) is 18.2 Å². The normalized spacial score (nSPS) is 11.0. The summed E-state index contributed by atoms with van der Waals surface area (Å²) in [5.74, 6) is -0.220. The van der Waals surface area contributed by atoms with E-state index in [0.29, 0.717) is 22.9 Å². The topological polar surface area (TPSA) is 46.9 Å². The Labute approximate surface area is 149 Å². The van der Waals surface area contributed by atoms with Gasteiger partial charge in [-0.3, -0.25) is 4.79 Å². The van der Waals surface area contributed by atoms with Crippen LogP contribution in [0, 0.1) is 5.82 Å². The molecular formula is C19H15ClFN3O. The maximum Gasteiger partial charge on any atom is 0.249 e. The molecule has 3 rings (SSSR count). The van der Waals surface area contributed by atoms with Crippen molar-refractivity contribution in [3.8, 4) is 0 Å². The average Bonchev–Trinajstić information content (AvgIpc) is 3.03. The van der Waals surface area contributed by atoms with E-state index >= 15 is 0 Å². The predicted octanol–water partition coefficient (Wildman–Crippen LogP) is 4.38. The molecule has 0 spiro atoms. The van der Waals surface area contributed by atoms with Crippen LogP contribution in [0.25, 0.3) is 6.08 Å². The standard InChI is InChI=1S/C19H15ClFN3O/c20-16-7-3-1-6-15(16)13-24-18(11-12-22-24)23-19(25)10-9-14-5-2-4-8-17(14)21/h1-12H,13H2,(H,23,25)/b10-9+. The van der Waals surface area contributed by atoms with Gasteiger partial charge >= 0.3 is 0 Å². The molecule has 2 aromatic carbocycles. The number of hydrogen-bond acceptors (Lipinski definition) is 2. The van der Waals surface area contributed by atoms with Crippen molar-refractivity contribution < 1.29 is 9.18 Å². The fourth-order valence-electron chi connectivity index (χ4n) is 2.30. The quantitative estimate of drug-likeness (QED) is 0.690. The fourth-order valence-corrected chi connectivity index (χ4v) is 2.49. The van der Waals surface area contributed by atoms with Crippen molar-refractivity contribution in [3.05, 3.63) is 88.8 Å². The van der Waals surface area contributed by atoms with Gasteiger partial charge in [-0.05, 0) is 23.8 Å². The Morgan fingerprint density at radius 3 is 2.72 bits per heavy atom. The SMILES string of the molecule is O=C(/C=C/c1ccccc1F)Nc1ccnn1Cc1ccccc1Cl. The van der Waals surface area contributed by atoms with Gasteiger partial charge in [-0.25, -0.2) is 9.07 Å². The molecule has 0 radical (unpaired) electrons. The number of anilines is 1. The Bertz CT molecular complexity index is 920. The highest BCUT2D eigenvalue weighted by atomic mass is 35.5. The summed E-state index contributed by atoms with van der Waals surface area (Å²) in [5, 5.41) is 7.56. The summed E-state index contributed by atoms with van der Waals surface area (Å²) in [6.07, 6.45) is 4.30. The van der Waals surface area contributed by atoms with Crippen LogP contribution < -0.4 is 5.32 Å². The number of aromatic nitrogens is 2. The second-order valence-electron chi connectivity index (χ2n) is 5.31. The van der Waals surface area contributed by atoms with Crippen LogP contribution >= 0.6 is 11.6 Å². The summed E-state index contributed by atoms with van der Waals surface area (Å²) in [6, 6.07) is 15.4. The molecule has 25 heavy (non-hydrogen) atoms. The van der Waals surface area contributed by atoms with Crippen molar-refractivity contribution in [1.29, 1.82) is 0 Å². The van der Waals surface area contributed by atoms with Crippen LogP contribution in [0.5, 0.6) is 0 Å². The summed E-state index contributed by atoms with van der Waals surface area (Å²) in [4.78, 5) is 12.1. The zero-order valence-electron chi connectivity index (χ0n) is 13.2. The lowest BCUT2D eigenvalue weighted by Gasteiger charge is -2.09. The summed E-state index contributed by atoms with van der Waals surface area (Å²) in [7, 11) is 0. The van der Waals surface area contributed by atoms with E-state index in [2.05, 4.69) is 10.4 Å². The number of carbonyl (C=O) groups is 1. The molecule has 0 aliphatic carbocycles. The number of rotatable bonds is 5. The van der Waals surface area contributed by atoms with Crippen LogP contribution in [0.4, 0.5) is 10.2 Å². The van der Waals surface area contributed by atoms with Gasteiger partial charge < -0.3 is 5.32 Å². The summed E-state index contributed by atoms with van der Waals surface area (Å²) in [6.45, 7) is 0.430. The molecule has 1 heterocycles. The first-order valence-corrected chi connectivity index (χ1v) is 8.00. The molecular weight excluding hydrogens is 341 g/mol. The Morgan fingerprint density at radius 1 is 1.16 bits per heavy atom. The molecule has 0 unspecified atom stereocenters. The van der Waals surface area contributed by atoms with E-state index in [1.165, 1.54) is 18.2 Å². The van der Waals surface area contributed by atoms with Crippen LogP contribution in [-0.4, -0.2) is 15.7 Å². The zero-order chi connectivity index (χ0) is 17.6. The number of benzene rings is 2. The highest BCUT2D eigenvalue weighted by Gasteiger charge is 2.08. The van der Waals surface area contributed by atoms with Gasteiger partial charge in [0, 0.05) is 22.7 Å². The molecule has 0 bridgehead atoms. The lowest BCUT2D eigenvalue weighted by Crippen LogP contribution is -2.14. The number of nitrogens with zero attached hydrogens (tertiary/aromatic N) is 2. The third kappa shape index (κ3) is 4.33. The summed E-state index contributed by atoms with van der Waals surface area (Å²) < 4.78 is 15.2. The highest BCUT2D eigenvalue weighted by Crippen LogP contribution is 2.18. The molecule has 126 valence electrons. The highest BCUT2D eigenvalue weighted by molar-refractivity contribution is 6.31. The number of hydrogen-bond donors (Lipinski definition) is 1. The zero-order valence-corrected chi connectivity index (χ0v) is 13.9. The molecule has 0 saturated heterocycles. The van der Waals surface area contributed by atoms with E-state index in [4.69, 9.17) is 11.6 Å². The largest absolute Gasteiger partial charge is 0.307 e. The van der Waals surface area contributed by atoms with Gasteiger partial charge in [-0.2, -0.15) is 5.10 Å². The minimum absolute atomic E-state index is 0.349. The van der Waals surface area contributed by atoms with Gasteiger partial charge in [-0.1, -0.05) is 48.0 Å². The number of amides is 1. The van der Waals surface area contributed by atoms with Crippen molar-refractivity contribution in [2.45, 2.75) is 6.54 Å². The van der Waals surface area contributed by atoms with Gasteiger partial charge in [0.25, 0.3) is 0 Å². The Balaban J connectivity index is 1.70. The third-order valence-electron chi connectivity index (χ3n) is 3.57. The van der Waals surface area contributed by atoms with E-state index in [1.54, 1.807) is 41.2 Å². The number of halogens is 2. The first-order chi connectivity index (χ1) is 12.1. The summed E-state index contributed by atoms with van der Waals surface area (Å²) >= 11 is 6.16. The maximum absolute atomic E-state index is 13.6. The van der Waals surface area contributed by atoms with Crippen molar-refractivity contribution in [1.82, 2.24) is 9.78 Å². The molecule has 1 aromatic heterocycles. The van der Waals surface area contributed by atoms with E-state index in [0.717, 1.165) is 5.56 Å². The molecule has 0 saturated carbocycles. The fraction of sp³-hybridized carbons (Fsp3) is 0.0526. The lowest BCUT2D eigenvalue weighted by molar-refractivity contribution is -0.111. The summed E-state index contributed by atoms with van der Waals surface area (Å²) in [5.41, 5.74) is 1.24. The van der Waals surface area contributed by atoms with Gasteiger partial charge in [-0.15, -0.1) is 0 Å². The van der Waals surface area contributed by atoms with Crippen LogP contribution in [0.1, 0.15) is 11.1 Å². The molecule has 0 atom stereocenters. The Morgan fingerprint density at radius 2 is 1.92 bits per heavy atom. The second-order valence-corrected chi connectivity index (χ2v) is 5.72. The van der Waals surface area contributed by atoms with Gasteiger partial charge in [0.15, 0.2) is 0 Å². The molecule has 0 fully saturated rings.